The van der Waals surface area contributed by atoms with Gasteiger partial charge in [0.15, 0.2) is 17.3 Å². The molecule has 1 rings (SSSR count). The molecule has 3 N–H and O–H groups in total. The van der Waals surface area contributed by atoms with Crippen molar-refractivity contribution < 1.29 is 18.6 Å². The number of nitrogens with two attached hydrogens (primary N) is 1. The molecule has 0 amide bonds. The van der Waals surface area contributed by atoms with E-state index in [0.717, 1.165) is 13.2 Å². The summed E-state index contributed by atoms with van der Waals surface area (Å²) in [5.74, 6) is -3.27. The number of phenols is 1. The van der Waals surface area contributed by atoms with E-state index < -0.39 is 23.1 Å². The summed E-state index contributed by atoms with van der Waals surface area (Å²) < 4.78 is 30.4. The molecule has 5 heteroatoms. The molecule has 0 aliphatic carbocycles. The van der Waals surface area contributed by atoms with Crippen LogP contribution in [0.25, 0.3) is 0 Å². The van der Waals surface area contributed by atoms with Crippen LogP contribution < -0.4 is 10.5 Å². The molecule has 0 aliphatic heterocycles. The van der Waals surface area contributed by atoms with Gasteiger partial charge in [-0.15, -0.1) is 0 Å². The molecule has 0 atom stereocenters. The molecule has 0 heterocycles. The first kappa shape index (κ1) is 9.73. The largest absolute Gasteiger partial charge is 0.504 e. The van der Waals surface area contributed by atoms with Gasteiger partial charge in [-0.1, -0.05) is 0 Å². The minimum atomic E-state index is -1.12. The van der Waals surface area contributed by atoms with Crippen molar-refractivity contribution >= 4 is 0 Å². The molecule has 0 saturated heterocycles. The molecular formula is C8H9F2NO2. The van der Waals surface area contributed by atoms with Crippen molar-refractivity contribution in [3.05, 3.63) is 23.3 Å². The number of ether oxygens (including phenoxy) is 1. The van der Waals surface area contributed by atoms with Crippen LogP contribution >= 0.6 is 0 Å². The third kappa shape index (κ3) is 1.55. The number of aromatic hydroxyl groups is 1. The number of benzene rings is 1. The second kappa shape index (κ2) is 3.57. The van der Waals surface area contributed by atoms with Gasteiger partial charge in [0.1, 0.15) is 0 Å². The van der Waals surface area contributed by atoms with Crippen LogP contribution in [-0.2, 0) is 6.54 Å². The Morgan fingerprint density at radius 3 is 2.62 bits per heavy atom. The second-order valence-corrected chi connectivity index (χ2v) is 2.42. The zero-order chi connectivity index (χ0) is 10.0. The Morgan fingerprint density at radius 1 is 1.54 bits per heavy atom. The number of hydrogen-bond acceptors (Lipinski definition) is 3. The van der Waals surface area contributed by atoms with Crippen molar-refractivity contribution in [2.75, 3.05) is 7.11 Å². The third-order valence-electron chi connectivity index (χ3n) is 1.65. The second-order valence-electron chi connectivity index (χ2n) is 2.42. The topological polar surface area (TPSA) is 55.5 Å². The summed E-state index contributed by atoms with van der Waals surface area (Å²) in [7, 11) is 1.11. The summed E-state index contributed by atoms with van der Waals surface area (Å²) in [6, 6.07) is 0.942. The zero-order valence-corrected chi connectivity index (χ0v) is 6.97. The lowest BCUT2D eigenvalue weighted by Crippen LogP contribution is -2.01. The Morgan fingerprint density at radius 2 is 2.15 bits per heavy atom. The molecule has 1 aromatic rings. The summed E-state index contributed by atoms with van der Waals surface area (Å²) in [6.45, 7) is -0.135. The predicted octanol–water partition coefficient (Wildman–Crippen LogP) is 1.14. The van der Waals surface area contributed by atoms with Crippen molar-refractivity contribution in [3.8, 4) is 11.5 Å². The van der Waals surface area contributed by atoms with Gasteiger partial charge in [0.05, 0.1) is 7.11 Å². The smallest absolute Gasteiger partial charge is 0.209 e. The van der Waals surface area contributed by atoms with E-state index in [9.17, 15) is 8.78 Å². The van der Waals surface area contributed by atoms with Gasteiger partial charge in [0.2, 0.25) is 5.82 Å². The van der Waals surface area contributed by atoms with Crippen LogP contribution in [-0.4, -0.2) is 12.2 Å². The van der Waals surface area contributed by atoms with E-state index in [2.05, 4.69) is 4.74 Å². The Labute approximate surface area is 73.7 Å². The van der Waals surface area contributed by atoms with Gasteiger partial charge < -0.3 is 15.6 Å². The fourth-order valence-electron chi connectivity index (χ4n) is 0.983. The minimum absolute atomic E-state index is 0.0100. The lowest BCUT2D eigenvalue weighted by atomic mass is 10.1. The molecule has 1 aromatic carbocycles. The van der Waals surface area contributed by atoms with Gasteiger partial charge in [-0.3, -0.25) is 0 Å². The lowest BCUT2D eigenvalue weighted by Gasteiger charge is -2.08. The molecule has 72 valence electrons. The van der Waals surface area contributed by atoms with Gasteiger partial charge in [-0.05, 0) is 6.07 Å². The Bertz CT molecular complexity index is 328. The first-order valence-corrected chi connectivity index (χ1v) is 3.55. The molecular weight excluding hydrogens is 180 g/mol. The lowest BCUT2D eigenvalue weighted by molar-refractivity contribution is 0.340. The normalized spacial score (nSPS) is 10.2. The molecule has 13 heavy (non-hydrogen) atoms. The van der Waals surface area contributed by atoms with Crippen molar-refractivity contribution in [2.24, 2.45) is 5.73 Å². The van der Waals surface area contributed by atoms with E-state index in [-0.39, 0.29) is 12.1 Å². The first-order chi connectivity index (χ1) is 6.11. The summed E-state index contributed by atoms with van der Waals surface area (Å²) in [4.78, 5) is 0. The molecule has 0 spiro atoms. The summed E-state index contributed by atoms with van der Waals surface area (Å²) >= 11 is 0. The SMILES string of the molecule is COc1c(F)cc(CN)c(O)c1F. The fourth-order valence-corrected chi connectivity index (χ4v) is 0.983. The highest BCUT2D eigenvalue weighted by Crippen LogP contribution is 2.31. The molecule has 0 saturated carbocycles. The quantitative estimate of drug-likeness (QED) is 0.733. The monoisotopic (exact) mass is 189 g/mol. The molecule has 0 unspecified atom stereocenters. The maximum Gasteiger partial charge on any atom is 0.209 e. The van der Waals surface area contributed by atoms with Crippen molar-refractivity contribution in [2.45, 2.75) is 6.54 Å². The van der Waals surface area contributed by atoms with Gasteiger partial charge in [0.25, 0.3) is 0 Å². The van der Waals surface area contributed by atoms with Crippen LogP contribution in [0.4, 0.5) is 8.78 Å². The number of rotatable bonds is 2. The Kier molecular flexibility index (Phi) is 2.67. The maximum absolute atomic E-state index is 13.0. The van der Waals surface area contributed by atoms with Crippen molar-refractivity contribution in [1.82, 2.24) is 0 Å². The van der Waals surface area contributed by atoms with Crippen LogP contribution in [0.2, 0.25) is 0 Å². The van der Waals surface area contributed by atoms with E-state index >= 15 is 0 Å². The average Bonchev–Trinajstić information content (AvgIpc) is 2.12. The number of phenolic OH excluding ortho intramolecular Hbond substituents is 1. The summed E-state index contributed by atoms with van der Waals surface area (Å²) in [5.41, 5.74) is 5.16. The maximum atomic E-state index is 13.0. The minimum Gasteiger partial charge on any atom is -0.504 e. The average molecular weight is 189 g/mol. The van der Waals surface area contributed by atoms with Crippen molar-refractivity contribution in [3.63, 3.8) is 0 Å². The predicted molar refractivity (Wildman–Crippen MR) is 42.5 cm³/mol. The molecule has 0 aliphatic rings. The van der Waals surface area contributed by atoms with E-state index in [1.807, 2.05) is 0 Å². The summed E-state index contributed by atoms with van der Waals surface area (Å²) in [6.07, 6.45) is 0. The van der Waals surface area contributed by atoms with Gasteiger partial charge in [0, 0.05) is 12.1 Å². The Hall–Kier alpha value is -1.36. The van der Waals surface area contributed by atoms with Crippen molar-refractivity contribution in [1.29, 1.82) is 0 Å². The molecule has 0 bridgehead atoms. The molecule has 0 fully saturated rings. The van der Waals surface area contributed by atoms with E-state index in [1.54, 1.807) is 0 Å². The van der Waals surface area contributed by atoms with Crippen LogP contribution in [0.3, 0.4) is 0 Å². The van der Waals surface area contributed by atoms with Crippen LogP contribution in [0.15, 0.2) is 6.07 Å². The zero-order valence-electron chi connectivity index (χ0n) is 6.97. The van der Waals surface area contributed by atoms with Gasteiger partial charge in [-0.25, -0.2) is 4.39 Å². The van der Waals surface area contributed by atoms with E-state index in [0.29, 0.717) is 0 Å². The molecule has 0 aromatic heterocycles. The van der Waals surface area contributed by atoms with Gasteiger partial charge in [-0.2, -0.15) is 4.39 Å². The van der Waals surface area contributed by atoms with E-state index in [4.69, 9.17) is 10.8 Å². The first-order valence-electron chi connectivity index (χ1n) is 3.55. The molecule has 3 nitrogen and oxygen atoms in total. The highest BCUT2D eigenvalue weighted by molar-refractivity contribution is 5.42. The summed E-state index contributed by atoms with van der Waals surface area (Å²) in [5, 5.41) is 9.13. The number of methoxy groups -OCH3 is 1. The highest BCUT2D eigenvalue weighted by atomic mass is 19.1. The van der Waals surface area contributed by atoms with Gasteiger partial charge >= 0.3 is 0 Å². The fraction of sp³-hybridized carbons (Fsp3) is 0.250. The van der Waals surface area contributed by atoms with Crippen LogP contribution in [0.5, 0.6) is 11.5 Å². The Balaban J connectivity index is 3.37. The number of hydrogen-bond donors (Lipinski definition) is 2. The highest BCUT2D eigenvalue weighted by Gasteiger charge is 2.17. The number of halogens is 2. The standard InChI is InChI=1S/C8H9F2NO2/c1-13-8-5(9)2-4(3-11)7(12)6(8)10/h2,12H,3,11H2,1H3. The van der Waals surface area contributed by atoms with Crippen LogP contribution in [0.1, 0.15) is 5.56 Å². The third-order valence-corrected chi connectivity index (χ3v) is 1.65. The molecule has 0 radical (unpaired) electrons. The van der Waals surface area contributed by atoms with Crippen LogP contribution in [0, 0.1) is 11.6 Å². The van der Waals surface area contributed by atoms with E-state index in [1.165, 1.54) is 0 Å².